The number of nitrogens with zero attached hydrogens (tertiary/aromatic N) is 2. The number of rotatable bonds is 5. The van der Waals surface area contributed by atoms with Crippen molar-refractivity contribution in [3.05, 3.63) is 74.3 Å². The molecule has 1 heterocycles. The van der Waals surface area contributed by atoms with Gasteiger partial charge in [0.1, 0.15) is 6.54 Å². The van der Waals surface area contributed by atoms with Crippen molar-refractivity contribution in [3.8, 4) is 0 Å². The second-order valence-electron chi connectivity index (χ2n) is 6.75. The predicted octanol–water partition coefficient (Wildman–Crippen LogP) is 1.48. The summed E-state index contributed by atoms with van der Waals surface area (Å²) in [5.74, 6) is -0.881. The van der Waals surface area contributed by atoms with Crippen LogP contribution in [0.2, 0.25) is 0 Å². The number of nitro benzene ring substituents is 1. The molecule has 0 saturated heterocycles. The van der Waals surface area contributed by atoms with Crippen molar-refractivity contribution >= 4 is 17.5 Å². The molecule has 26 heavy (non-hydrogen) atoms. The Balaban J connectivity index is 1.77. The number of non-ortho nitro benzene ring substituents is 1. The second-order valence-corrected chi connectivity index (χ2v) is 6.75. The van der Waals surface area contributed by atoms with Crippen molar-refractivity contribution in [2.75, 3.05) is 13.7 Å². The normalized spacial score (nSPS) is 14.5. The zero-order valence-electron chi connectivity index (χ0n) is 14.9. The van der Waals surface area contributed by atoms with Crippen LogP contribution in [0.4, 0.5) is 5.69 Å². The van der Waals surface area contributed by atoms with Gasteiger partial charge in [-0.3, -0.25) is 19.7 Å². The molecule has 7 heteroatoms. The Morgan fingerprint density at radius 2 is 1.73 bits per heavy atom. The van der Waals surface area contributed by atoms with Crippen molar-refractivity contribution in [1.82, 2.24) is 4.90 Å². The Morgan fingerprint density at radius 3 is 2.38 bits per heavy atom. The first-order valence-electron chi connectivity index (χ1n) is 8.30. The largest absolute Gasteiger partial charge is 0.316 e. The highest BCUT2D eigenvalue weighted by Gasteiger charge is 2.38. The zero-order chi connectivity index (χ0) is 19.0. The van der Waals surface area contributed by atoms with E-state index in [4.69, 9.17) is 0 Å². The van der Waals surface area contributed by atoms with E-state index < -0.39 is 16.7 Å². The molecule has 0 saturated carbocycles. The molecule has 1 unspecified atom stereocenters. The molecule has 0 aliphatic carbocycles. The Labute approximate surface area is 151 Å². The number of imide groups is 1. The Hall–Kier alpha value is -3.06. The minimum absolute atomic E-state index is 0.100. The lowest BCUT2D eigenvalue weighted by Crippen LogP contribution is -3.09. The van der Waals surface area contributed by atoms with Gasteiger partial charge in [0.15, 0.2) is 6.67 Å². The van der Waals surface area contributed by atoms with Gasteiger partial charge in [-0.2, -0.15) is 0 Å². The van der Waals surface area contributed by atoms with Gasteiger partial charge in [0.25, 0.3) is 17.5 Å². The van der Waals surface area contributed by atoms with Gasteiger partial charge in [-0.25, -0.2) is 4.90 Å². The SMILES string of the molecule is Cc1ccc(C[NH+](C)CN2C(=O)c3ccc([N+](=O)[O-])cc3C2=O)c(C)c1. The van der Waals surface area contributed by atoms with Crippen LogP contribution in [-0.2, 0) is 6.54 Å². The summed E-state index contributed by atoms with van der Waals surface area (Å²) < 4.78 is 0. The molecule has 0 spiro atoms. The highest BCUT2D eigenvalue weighted by atomic mass is 16.6. The zero-order valence-corrected chi connectivity index (χ0v) is 14.9. The molecule has 2 amide bonds. The van der Waals surface area contributed by atoms with E-state index in [-0.39, 0.29) is 23.5 Å². The third kappa shape index (κ3) is 3.21. The van der Waals surface area contributed by atoms with Crippen LogP contribution in [0.25, 0.3) is 0 Å². The number of nitrogens with one attached hydrogen (secondary N) is 1. The lowest BCUT2D eigenvalue weighted by atomic mass is 10.1. The number of fused-ring (bicyclic) bond motifs is 1. The first-order valence-corrected chi connectivity index (χ1v) is 8.30. The number of hydrogen-bond acceptors (Lipinski definition) is 4. The van der Waals surface area contributed by atoms with E-state index >= 15 is 0 Å². The van der Waals surface area contributed by atoms with Crippen LogP contribution in [-0.4, -0.2) is 35.4 Å². The van der Waals surface area contributed by atoms with Crippen molar-refractivity contribution < 1.29 is 19.4 Å². The van der Waals surface area contributed by atoms with Crippen molar-refractivity contribution in [1.29, 1.82) is 0 Å². The quantitative estimate of drug-likeness (QED) is 0.501. The topological polar surface area (TPSA) is 85.0 Å². The minimum Gasteiger partial charge on any atom is -0.316 e. The molecule has 1 aliphatic rings. The number of hydrogen-bond donors (Lipinski definition) is 1. The molecule has 1 atom stereocenters. The van der Waals surface area contributed by atoms with Crippen LogP contribution >= 0.6 is 0 Å². The van der Waals surface area contributed by atoms with Crippen molar-refractivity contribution in [3.63, 3.8) is 0 Å². The van der Waals surface area contributed by atoms with Gasteiger partial charge in [0, 0.05) is 17.7 Å². The Morgan fingerprint density at radius 1 is 1.04 bits per heavy atom. The second kappa shape index (κ2) is 6.68. The number of carbonyl (C=O) groups is 2. The molecule has 0 fully saturated rings. The standard InChI is InChI=1S/C19H19N3O4/c1-12-4-5-14(13(2)8-12)10-20(3)11-21-18(23)16-7-6-15(22(25)26)9-17(16)19(21)24/h4-9H,10-11H2,1-3H3/p+1. The fourth-order valence-electron chi connectivity index (χ4n) is 3.23. The Kier molecular flexibility index (Phi) is 4.56. The summed E-state index contributed by atoms with van der Waals surface area (Å²) in [4.78, 5) is 37.5. The van der Waals surface area contributed by atoms with Gasteiger partial charge in [-0.15, -0.1) is 0 Å². The number of nitro groups is 1. The van der Waals surface area contributed by atoms with E-state index in [2.05, 4.69) is 12.1 Å². The van der Waals surface area contributed by atoms with E-state index in [9.17, 15) is 19.7 Å². The summed E-state index contributed by atoms with van der Waals surface area (Å²) in [7, 11) is 1.91. The maximum atomic E-state index is 12.6. The number of benzene rings is 2. The molecule has 134 valence electrons. The van der Waals surface area contributed by atoms with Crippen LogP contribution in [0.3, 0.4) is 0 Å². The fraction of sp³-hybridized carbons (Fsp3) is 0.263. The molecular formula is C19H20N3O4+. The lowest BCUT2D eigenvalue weighted by Gasteiger charge is -2.21. The number of aryl methyl sites for hydroxylation is 2. The predicted molar refractivity (Wildman–Crippen MR) is 95.0 cm³/mol. The molecule has 2 aromatic carbocycles. The summed E-state index contributed by atoms with van der Waals surface area (Å²) in [6.45, 7) is 4.94. The molecule has 1 aliphatic heterocycles. The third-order valence-corrected chi connectivity index (χ3v) is 4.58. The van der Waals surface area contributed by atoms with E-state index in [0.29, 0.717) is 6.54 Å². The minimum atomic E-state index is -0.571. The van der Waals surface area contributed by atoms with Gasteiger partial charge in [0.05, 0.1) is 23.1 Å². The average molecular weight is 354 g/mol. The summed E-state index contributed by atoms with van der Waals surface area (Å²) in [6, 6.07) is 9.97. The average Bonchev–Trinajstić information content (AvgIpc) is 2.82. The van der Waals surface area contributed by atoms with Gasteiger partial charge in [-0.05, 0) is 25.5 Å². The van der Waals surface area contributed by atoms with Crippen LogP contribution in [0.15, 0.2) is 36.4 Å². The lowest BCUT2D eigenvalue weighted by molar-refractivity contribution is -0.901. The van der Waals surface area contributed by atoms with Crippen LogP contribution in [0.1, 0.15) is 37.4 Å². The molecule has 3 rings (SSSR count). The van der Waals surface area contributed by atoms with Crippen molar-refractivity contribution in [2.45, 2.75) is 20.4 Å². The summed E-state index contributed by atoms with van der Waals surface area (Å²) >= 11 is 0. The van der Waals surface area contributed by atoms with Crippen LogP contribution in [0.5, 0.6) is 0 Å². The monoisotopic (exact) mass is 354 g/mol. The van der Waals surface area contributed by atoms with E-state index in [1.165, 1.54) is 29.3 Å². The fourth-order valence-corrected chi connectivity index (χ4v) is 3.23. The summed E-state index contributed by atoms with van der Waals surface area (Å²) in [5, 5.41) is 10.9. The van der Waals surface area contributed by atoms with E-state index in [0.717, 1.165) is 15.4 Å². The number of carbonyl (C=O) groups excluding carboxylic acids is 2. The molecule has 0 bridgehead atoms. The molecule has 0 aromatic heterocycles. The van der Waals surface area contributed by atoms with Crippen LogP contribution < -0.4 is 4.90 Å². The van der Waals surface area contributed by atoms with Crippen molar-refractivity contribution in [2.24, 2.45) is 0 Å². The van der Waals surface area contributed by atoms with Gasteiger partial charge >= 0.3 is 0 Å². The first-order chi connectivity index (χ1) is 12.3. The summed E-state index contributed by atoms with van der Waals surface area (Å²) in [5.41, 5.74) is 3.64. The van der Waals surface area contributed by atoms with Gasteiger partial charge in [0.2, 0.25) is 0 Å². The summed E-state index contributed by atoms with van der Waals surface area (Å²) in [6.07, 6.45) is 0. The molecule has 2 aromatic rings. The molecular weight excluding hydrogens is 334 g/mol. The molecule has 7 nitrogen and oxygen atoms in total. The van der Waals surface area contributed by atoms with Crippen LogP contribution in [0, 0.1) is 24.0 Å². The van der Waals surface area contributed by atoms with Gasteiger partial charge in [-0.1, -0.05) is 23.8 Å². The maximum absolute atomic E-state index is 12.6. The number of amides is 2. The maximum Gasteiger partial charge on any atom is 0.270 e. The number of quaternary nitrogens is 1. The van der Waals surface area contributed by atoms with E-state index in [1.54, 1.807) is 0 Å². The molecule has 1 N–H and O–H groups in total. The molecule has 0 radical (unpaired) electrons. The highest BCUT2D eigenvalue weighted by Crippen LogP contribution is 2.26. The Bertz CT molecular complexity index is 923. The first kappa shape index (κ1) is 17.8. The smallest absolute Gasteiger partial charge is 0.270 e. The van der Waals surface area contributed by atoms with Gasteiger partial charge < -0.3 is 4.90 Å². The highest BCUT2D eigenvalue weighted by molar-refractivity contribution is 6.21. The van der Waals surface area contributed by atoms with E-state index in [1.807, 2.05) is 27.0 Å². The third-order valence-electron chi connectivity index (χ3n) is 4.58.